The lowest BCUT2D eigenvalue weighted by atomic mass is 10.3. The number of para-hydroxylation sites is 2. The second kappa shape index (κ2) is 6.58. The van der Waals surface area contributed by atoms with Crippen molar-refractivity contribution in [3.8, 4) is 5.75 Å². The zero-order valence-electron chi connectivity index (χ0n) is 10.1. The molecular weight excluding hydrogens is 328 g/mol. The minimum Gasteiger partial charge on any atom is -0.482 e. The zero-order chi connectivity index (χ0) is 13.7. The largest absolute Gasteiger partial charge is 0.482 e. The van der Waals surface area contributed by atoms with Crippen molar-refractivity contribution in [3.63, 3.8) is 0 Å². The van der Waals surface area contributed by atoms with Gasteiger partial charge in [0.25, 0.3) is 5.91 Å². The van der Waals surface area contributed by atoms with Gasteiger partial charge in [0.15, 0.2) is 6.61 Å². The van der Waals surface area contributed by atoms with E-state index in [-0.39, 0.29) is 12.5 Å². The third kappa shape index (κ3) is 4.25. The number of hydrogen-bond acceptors (Lipinski definition) is 4. The van der Waals surface area contributed by atoms with Crippen molar-refractivity contribution in [2.45, 2.75) is 6.54 Å². The van der Waals surface area contributed by atoms with Gasteiger partial charge in [-0.05, 0) is 34.1 Å². The van der Waals surface area contributed by atoms with E-state index < -0.39 is 0 Å². The van der Waals surface area contributed by atoms with E-state index in [1.165, 1.54) is 0 Å². The number of rotatable bonds is 5. The third-order valence-electron chi connectivity index (χ3n) is 2.36. The second-order valence-electron chi connectivity index (χ2n) is 3.83. The van der Waals surface area contributed by atoms with Crippen LogP contribution in [0.2, 0.25) is 0 Å². The van der Waals surface area contributed by atoms with Gasteiger partial charge in [-0.2, -0.15) is 0 Å². The maximum atomic E-state index is 11.6. The minimum atomic E-state index is -0.173. The summed E-state index contributed by atoms with van der Waals surface area (Å²) in [6.45, 7) is 0.462. The highest BCUT2D eigenvalue weighted by Gasteiger charge is 2.05. The van der Waals surface area contributed by atoms with Crippen LogP contribution in [-0.4, -0.2) is 12.5 Å². The molecule has 0 bridgehead atoms. The van der Waals surface area contributed by atoms with Gasteiger partial charge in [-0.3, -0.25) is 4.79 Å². The summed E-state index contributed by atoms with van der Waals surface area (Å²) in [5.41, 5.74) is 6.24. The fourth-order valence-corrected chi connectivity index (χ4v) is 2.83. The summed E-state index contributed by atoms with van der Waals surface area (Å²) in [6, 6.07) is 9.07. The summed E-state index contributed by atoms with van der Waals surface area (Å²) in [5, 5.41) is 4.76. The molecule has 6 heteroatoms. The van der Waals surface area contributed by atoms with Gasteiger partial charge in [-0.15, -0.1) is 11.3 Å². The summed E-state index contributed by atoms with van der Waals surface area (Å²) in [5.74, 6) is 0.351. The molecule has 0 saturated heterocycles. The first-order valence-corrected chi connectivity index (χ1v) is 7.29. The summed E-state index contributed by atoms with van der Waals surface area (Å²) in [6.07, 6.45) is 0. The zero-order valence-corrected chi connectivity index (χ0v) is 12.5. The Morgan fingerprint density at radius 1 is 1.42 bits per heavy atom. The fourth-order valence-electron chi connectivity index (χ4n) is 1.44. The number of nitrogens with two attached hydrogens (primary N) is 1. The van der Waals surface area contributed by atoms with Crippen molar-refractivity contribution in [1.82, 2.24) is 5.32 Å². The van der Waals surface area contributed by atoms with Gasteiger partial charge in [0, 0.05) is 14.7 Å². The third-order valence-corrected chi connectivity index (χ3v) is 4.06. The molecule has 100 valence electrons. The predicted octanol–water partition coefficient (Wildman–Crippen LogP) is 2.79. The number of hydrogen-bond donors (Lipinski definition) is 2. The summed E-state index contributed by atoms with van der Waals surface area (Å²) < 4.78 is 6.37. The number of halogens is 1. The van der Waals surface area contributed by atoms with E-state index in [2.05, 4.69) is 21.2 Å². The molecule has 0 aliphatic rings. The average molecular weight is 341 g/mol. The fraction of sp³-hybridized carbons (Fsp3) is 0.154. The number of carbonyl (C=O) groups excluding carboxylic acids is 1. The van der Waals surface area contributed by atoms with Gasteiger partial charge in [-0.1, -0.05) is 12.1 Å². The molecule has 0 fully saturated rings. The number of nitrogen functional groups attached to an aromatic ring is 1. The van der Waals surface area contributed by atoms with Crippen molar-refractivity contribution in [2.24, 2.45) is 0 Å². The first-order valence-electron chi connectivity index (χ1n) is 5.62. The Balaban J connectivity index is 1.77. The molecular formula is C13H13BrN2O2S. The molecule has 1 heterocycles. The van der Waals surface area contributed by atoms with Crippen LogP contribution in [0, 0.1) is 0 Å². The molecule has 1 aromatic carbocycles. The van der Waals surface area contributed by atoms with Crippen molar-refractivity contribution >= 4 is 38.9 Å². The van der Waals surface area contributed by atoms with Crippen LogP contribution in [0.15, 0.2) is 40.2 Å². The highest BCUT2D eigenvalue weighted by atomic mass is 79.9. The first kappa shape index (κ1) is 13.9. The van der Waals surface area contributed by atoms with Crippen LogP contribution < -0.4 is 15.8 Å². The van der Waals surface area contributed by atoms with E-state index in [0.29, 0.717) is 18.0 Å². The number of anilines is 1. The van der Waals surface area contributed by atoms with Crippen LogP contribution in [0.25, 0.3) is 0 Å². The molecule has 0 spiro atoms. The van der Waals surface area contributed by atoms with E-state index in [9.17, 15) is 4.79 Å². The Labute approximate surface area is 123 Å². The molecule has 0 radical (unpaired) electrons. The second-order valence-corrected chi connectivity index (χ2v) is 5.75. The van der Waals surface area contributed by atoms with Crippen LogP contribution in [0.4, 0.5) is 5.69 Å². The molecule has 0 saturated carbocycles. The maximum Gasteiger partial charge on any atom is 0.258 e. The Morgan fingerprint density at radius 2 is 2.21 bits per heavy atom. The molecule has 4 nitrogen and oxygen atoms in total. The van der Waals surface area contributed by atoms with Crippen molar-refractivity contribution in [2.75, 3.05) is 12.3 Å². The van der Waals surface area contributed by atoms with Gasteiger partial charge in [0.1, 0.15) is 5.75 Å². The minimum absolute atomic E-state index is 0.0409. The number of nitrogens with one attached hydrogen (secondary N) is 1. The lowest BCUT2D eigenvalue weighted by molar-refractivity contribution is -0.123. The van der Waals surface area contributed by atoms with E-state index in [4.69, 9.17) is 10.5 Å². The van der Waals surface area contributed by atoms with E-state index in [1.54, 1.807) is 23.5 Å². The van der Waals surface area contributed by atoms with Gasteiger partial charge in [0.2, 0.25) is 0 Å². The lowest BCUT2D eigenvalue weighted by Gasteiger charge is -2.08. The molecule has 1 amide bonds. The summed E-state index contributed by atoms with van der Waals surface area (Å²) >= 11 is 4.95. The van der Waals surface area contributed by atoms with Crippen molar-refractivity contribution < 1.29 is 9.53 Å². The Kier molecular flexibility index (Phi) is 4.81. The van der Waals surface area contributed by atoms with Crippen molar-refractivity contribution in [1.29, 1.82) is 0 Å². The van der Waals surface area contributed by atoms with Gasteiger partial charge in [0.05, 0.1) is 12.2 Å². The standard InChI is InChI=1S/C13H13BrN2O2S/c14-9-5-10(19-8-9)6-16-13(17)7-18-12-4-2-1-3-11(12)15/h1-5,8H,6-7,15H2,(H,16,17). The number of amides is 1. The quantitative estimate of drug-likeness (QED) is 0.822. The Morgan fingerprint density at radius 3 is 2.89 bits per heavy atom. The monoisotopic (exact) mass is 340 g/mol. The van der Waals surface area contributed by atoms with Crippen LogP contribution in [0.3, 0.4) is 0 Å². The van der Waals surface area contributed by atoms with Crippen LogP contribution in [0.5, 0.6) is 5.75 Å². The van der Waals surface area contributed by atoms with E-state index in [1.807, 2.05) is 23.6 Å². The molecule has 0 aliphatic carbocycles. The molecule has 1 aromatic heterocycles. The number of carbonyl (C=O) groups is 1. The normalized spacial score (nSPS) is 10.2. The lowest BCUT2D eigenvalue weighted by Crippen LogP contribution is -2.28. The first-order chi connectivity index (χ1) is 9.15. The number of ether oxygens (including phenoxy) is 1. The van der Waals surface area contributed by atoms with Gasteiger partial charge in [-0.25, -0.2) is 0 Å². The Hall–Kier alpha value is -1.53. The van der Waals surface area contributed by atoms with Crippen LogP contribution in [0.1, 0.15) is 4.88 Å². The number of thiophene rings is 1. The van der Waals surface area contributed by atoms with E-state index in [0.717, 1.165) is 9.35 Å². The topological polar surface area (TPSA) is 64.3 Å². The van der Waals surface area contributed by atoms with Crippen LogP contribution >= 0.6 is 27.3 Å². The summed E-state index contributed by atoms with van der Waals surface area (Å²) in [7, 11) is 0. The van der Waals surface area contributed by atoms with Crippen molar-refractivity contribution in [3.05, 3.63) is 45.1 Å². The molecule has 0 aliphatic heterocycles. The maximum absolute atomic E-state index is 11.6. The molecule has 3 N–H and O–H groups in total. The molecule has 0 atom stereocenters. The van der Waals surface area contributed by atoms with Crippen LogP contribution in [-0.2, 0) is 11.3 Å². The Bertz CT molecular complexity index is 571. The highest BCUT2D eigenvalue weighted by Crippen LogP contribution is 2.20. The molecule has 19 heavy (non-hydrogen) atoms. The van der Waals surface area contributed by atoms with E-state index >= 15 is 0 Å². The number of benzene rings is 1. The molecule has 2 aromatic rings. The highest BCUT2D eigenvalue weighted by molar-refractivity contribution is 9.10. The summed E-state index contributed by atoms with van der Waals surface area (Å²) in [4.78, 5) is 12.7. The van der Waals surface area contributed by atoms with Gasteiger partial charge < -0.3 is 15.8 Å². The SMILES string of the molecule is Nc1ccccc1OCC(=O)NCc1cc(Br)cs1. The molecule has 0 unspecified atom stereocenters. The predicted molar refractivity (Wildman–Crippen MR) is 80.2 cm³/mol. The molecule has 2 rings (SSSR count). The van der Waals surface area contributed by atoms with Gasteiger partial charge >= 0.3 is 0 Å². The smallest absolute Gasteiger partial charge is 0.258 e. The average Bonchev–Trinajstić information content (AvgIpc) is 2.81.